The highest BCUT2D eigenvalue weighted by molar-refractivity contribution is 9.10. The van der Waals surface area contributed by atoms with Gasteiger partial charge in [0.15, 0.2) is 0 Å². The van der Waals surface area contributed by atoms with Crippen LogP contribution in [-0.2, 0) is 10.0 Å². The third kappa shape index (κ3) is 4.72. The minimum absolute atomic E-state index is 0. The normalized spacial score (nSPS) is 19.1. The molecule has 0 aliphatic carbocycles. The Morgan fingerprint density at radius 2 is 2.11 bits per heavy atom. The summed E-state index contributed by atoms with van der Waals surface area (Å²) in [6, 6.07) is 6.85. The van der Waals surface area contributed by atoms with E-state index >= 15 is 0 Å². The van der Waals surface area contributed by atoms with E-state index in [1.54, 1.807) is 24.3 Å². The molecule has 2 rings (SSSR count). The lowest BCUT2D eigenvalue weighted by molar-refractivity contribution is 0.519. The fraction of sp³-hybridized carbons (Fsp3) is 0.500. The number of benzene rings is 1. The van der Waals surface area contributed by atoms with Crippen LogP contribution >= 0.6 is 28.3 Å². The van der Waals surface area contributed by atoms with Crippen LogP contribution < -0.4 is 10.0 Å². The molecule has 1 aliphatic rings. The molecule has 1 heterocycles. The number of nitrogens with one attached hydrogen (secondary N) is 2. The van der Waals surface area contributed by atoms with Crippen LogP contribution in [0, 0.1) is 5.92 Å². The maximum Gasteiger partial charge on any atom is 0.241 e. The Hall–Kier alpha value is -0.140. The summed E-state index contributed by atoms with van der Waals surface area (Å²) >= 11 is 3.26. The highest BCUT2D eigenvalue weighted by Crippen LogP contribution is 2.21. The van der Waals surface area contributed by atoms with Crippen molar-refractivity contribution in [2.24, 2.45) is 5.92 Å². The van der Waals surface area contributed by atoms with E-state index in [-0.39, 0.29) is 12.4 Å². The van der Waals surface area contributed by atoms with Crippen LogP contribution in [0.15, 0.2) is 33.6 Å². The molecule has 1 fully saturated rings. The summed E-state index contributed by atoms with van der Waals surface area (Å²) in [6.07, 6.45) is 2.02. The van der Waals surface area contributed by atoms with Crippen LogP contribution in [0.1, 0.15) is 12.8 Å². The van der Waals surface area contributed by atoms with Gasteiger partial charge in [-0.1, -0.05) is 12.1 Å². The van der Waals surface area contributed by atoms with Gasteiger partial charge >= 0.3 is 0 Å². The Balaban J connectivity index is 0.00000180. The Labute approximate surface area is 128 Å². The fourth-order valence-electron chi connectivity index (χ4n) is 2.10. The molecule has 0 saturated carbocycles. The van der Waals surface area contributed by atoms with Crippen molar-refractivity contribution in [2.45, 2.75) is 17.7 Å². The second-order valence-electron chi connectivity index (χ2n) is 4.48. The molecule has 108 valence electrons. The summed E-state index contributed by atoms with van der Waals surface area (Å²) in [6.45, 7) is 2.54. The van der Waals surface area contributed by atoms with E-state index in [2.05, 4.69) is 26.0 Å². The lowest BCUT2D eigenvalue weighted by Crippen LogP contribution is -2.27. The van der Waals surface area contributed by atoms with Crippen molar-refractivity contribution in [3.05, 3.63) is 28.7 Å². The molecule has 19 heavy (non-hydrogen) atoms. The molecule has 0 amide bonds. The summed E-state index contributed by atoms with van der Waals surface area (Å²) in [5, 5.41) is 3.28. The first-order chi connectivity index (χ1) is 8.59. The molecular weight excluding hydrogens is 352 g/mol. The quantitative estimate of drug-likeness (QED) is 0.836. The smallest absolute Gasteiger partial charge is 0.241 e. The zero-order chi connectivity index (χ0) is 13.0. The maximum absolute atomic E-state index is 12.1. The summed E-state index contributed by atoms with van der Waals surface area (Å²) in [5.74, 6) is 0.590. The molecule has 0 radical (unpaired) electrons. The standard InChI is InChI=1S/C12H17BrN2O2S.ClH/c13-11-3-1-2-4-12(11)18(16,17)15-8-6-10-5-7-14-9-10;/h1-4,10,14-15H,5-9H2;1H. The Bertz CT molecular complexity index is 504. The van der Waals surface area contributed by atoms with Gasteiger partial charge in [-0.2, -0.15) is 0 Å². The van der Waals surface area contributed by atoms with Crippen molar-refractivity contribution >= 4 is 38.4 Å². The molecule has 0 aromatic heterocycles. The number of rotatable bonds is 5. The van der Waals surface area contributed by atoms with Crippen LogP contribution in [0.3, 0.4) is 0 Å². The minimum Gasteiger partial charge on any atom is -0.316 e. The average Bonchev–Trinajstić information content (AvgIpc) is 2.82. The second kappa shape index (κ2) is 7.59. The van der Waals surface area contributed by atoms with E-state index in [0.717, 1.165) is 25.9 Å². The van der Waals surface area contributed by atoms with E-state index in [1.807, 2.05) is 0 Å². The predicted molar refractivity (Wildman–Crippen MR) is 82.2 cm³/mol. The number of hydrogen-bond donors (Lipinski definition) is 2. The first-order valence-corrected chi connectivity index (χ1v) is 8.32. The van der Waals surface area contributed by atoms with Crippen molar-refractivity contribution < 1.29 is 8.42 Å². The summed E-state index contributed by atoms with van der Waals surface area (Å²) in [7, 11) is -3.40. The zero-order valence-corrected chi connectivity index (χ0v) is 13.7. The molecule has 1 aromatic carbocycles. The highest BCUT2D eigenvalue weighted by atomic mass is 79.9. The van der Waals surface area contributed by atoms with Crippen molar-refractivity contribution in [1.82, 2.24) is 10.0 Å². The number of hydrogen-bond acceptors (Lipinski definition) is 3. The summed E-state index contributed by atoms with van der Waals surface area (Å²) in [5.41, 5.74) is 0. The zero-order valence-electron chi connectivity index (χ0n) is 10.4. The number of sulfonamides is 1. The van der Waals surface area contributed by atoms with Gasteiger partial charge in [-0.05, 0) is 59.9 Å². The topological polar surface area (TPSA) is 58.2 Å². The molecule has 1 saturated heterocycles. The summed E-state index contributed by atoms with van der Waals surface area (Å²) in [4.78, 5) is 0.301. The Morgan fingerprint density at radius 1 is 1.37 bits per heavy atom. The van der Waals surface area contributed by atoms with Crippen molar-refractivity contribution in [3.63, 3.8) is 0 Å². The highest BCUT2D eigenvalue weighted by Gasteiger charge is 2.18. The molecule has 0 bridgehead atoms. The molecule has 0 spiro atoms. The lowest BCUT2D eigenvalue weighted by Gasteiger charge is -2.10. The average molecular weight is 370 g/mol. The molecule has 2 N–H and O–H groups in total. The Morgan fingerprint density at radius 3 is 2.74 bits per heavy atom. The molecule has 1 atom stereocenters. The van der Waals surface area contributed by atoms with Crippen LogP contribution in [0.5, 0.6) is 0 Å². The van der Waals surface area contributed by atoms with Crippen molar-refractivity contribution in [1.29, 1.82) is 0 Å². The van der Waals surface area contributed by atoms with E-state index in [1.165, 1.54) is 0 Å². The van der Waals surface area contributed by atoms with Crippen LogP contribution in [0.4, 0.5) is 0 Å². The van der Waals surface area contributed by atoms with Crippen molar-refractivity contribution in [2.75, 3.05) is 19.6 Å². The monoisotopic (exact) mass is 368 g/mol. The van der Waals surface area contributed by atoms with Crippen molar-refractivity contribution in [3.8, 4) is 0 Å². The van der Waals surface area contributed by atoms with Gasteiger partial charge in [-0.25, -0.2) is 13.1 Å². The third-order valence-corrected chi connectivity index (χ3v) is 5.61. The third-order valence-electron chi connectivity index (χ3n) is 3.13. The Kier molecular flexibility index (Phi) is 6.76. The fourth-order valence-corrected chi connectivity index (χ4v) is 4.15. The van der Waals surface area contributed by atoms with E-state index in [0.29, 0.717) is 21.8 Å². The van der Waals surface area contributed by atoms with Gasteiger partial charge in [0.1, 0.15) is 0 Å². The molecular formula is C12H18BrClN2O2S. The largest absolute Gasteiger partial charge is 0.316 e. The molecule has 7 heteroatoms. The molecule has 1 aromatic rings. The first-order valence-electron chi connectivity index (χ1n) is 6.04. The van der Waals surface area contributed by atoms with E-state index in [9.17, 15) is 8.42 Å². The van der Waals surface area contributed by atoms with Gasteiger partial charge in [-0.15, -0.1) is 12.4 Å². The van der Waals surface area contributed by atoms with Gasteiger partial charge in [0.05, 0.1) is 4.90 Å². The van der Waals surface area contributed by atoms with E-state index in [4.69, 9.17) is 0 Å². The van der Waals surface area contributed by atoms with Gasteiger partial charge in [0, 0.05) is 11.0 Å². The second-order valence-corrected chi connectivity index (χ2v) is 7.07. The SMILES string of the molecule is Cl.O=S(=O)(NCCC1CCNC1)c1ccccc1Br. The summed E-state index contributed by atoms with van der Waals surface area (Å²) < 4.78 is 27.4. The molecule has 4 nitrogen and oxygen atoms in total. The maximum atomic E-state index is 12.1. The minimum atomic E-state index is -3.40. The van der Waals surface area contributed by atoms with Crippen LogP contribution in [-0.4, -0.2) is 28.1 Å². The van der Waals surface area contributed by atoms with Gasteiger partial charge in [0.2, 0.25) is 10.0 Å². The lowest BCUT2D eigenvalue weighted by atomic mass is 10.1. The molecule has 1 aliphatic heterocycles. The van der Waals surface area contributed by atoms with Crippen LogP contribution in [0.25, 0.3) is 0 Å². The predicted octanol–water partition coefficient (Wildman–Crippen LogP) is 2.15. The first kappa shape index (κ1) is 16.9. The van der Waals surface area contributed by atoms with Gasteiger partial charge < -0.3 is 5.32 Å². The van der Waals surface area contributed by atoms with E-state index < -0.39 is 10.0 Å². The number of halogens is 2. The molecule has 1 unspecified atom stereocenters. The van der Waals surface area contributed by atoms with Gasteiger partial charge in [0.25, 0.3) is 0 Å². The van der Waals surface area contributed by atoms with Crippen LogP contribution in [0.2, 0.25) is 0 Å². The van der Waals surface area contributed by atoms with Gasteiger partial charge in [-0.3, -0.25) is 0 Å².